The average molecular weight is 498 g/mol. The number of amides is 1. The SMILES string of the molecule is Cc1cc(C)c2nc(N(Cc3ccccc3)C(=O)C3CCN(c4ccc5nncn5n4)CC3)sc2c1. The monoisotopic (exact) mass is 497 g/mol. The number of fused-ring (bicyclic) bond motifs is 2. The van der Waals surface area contributed by atoms with Gasteiger partial charge in [0.15, 0.2) is 10.8 Å². The Hall–Kier alpha value is -3.85. The third kappa shape index (κ3) is 4.30. The number of aryl methyl sites for hydroxylation is 2. The van der Waals surface area contributed by atoms with E-state index < -0.39 is 0 Å². The Balaban J connectivity index is 1.25. The maximum atomic E-state index is 14.0. The standard InChI is InChI=1S/C27H27N7OS/c1-18-14-19(2)25-22(15-18)36-27(29-25)33(16-20-6-4-3-5-7-20)26(35)21-10-12-32(13-11-21)24-9-8-23-30-28-17-34(23)31-24/h3-9,14-15,17,21H,10-13,16H2,1-2H3. The lowest BCUT2D eigenvalue weighted by molar-refractivity contribution is -0.123. The van der Waals surface area contributed by atoms with Gasteiger partial charge in [-0.1, -0.05) is 47.7 Å². The molecule has 0 bridgehead atoms. The number of nitrogens with zero attached hydrogens (tertiary/aromatic N) is 7. The van der Waals surface area contributed by atoms with E-state index in [4.69, 9.17) is 4.98 Å². The van der Waals surface area contributed by atoms with Gasteiger partial charge in [0.05, 0.1) is 16.8 Å². The van der Waals surface area contributed by atoms with E-state index in [2.05, 4.69) is 58.3 Å². The predicted molar refractivity (Wildman–Crippen MR) is 142 cm³/mol. The van der Waals surface area contributed by atoms with Crippen molar-refractivity contribution in [1.82, 2.24) is 24.8 Å². The van der Waals surface area contributed by atoms with Crippen LogP contribution in [0.25, 0.3) is 15.9 Å². The van der Waals surface area contributed by atoms with Gasteiger partial charge in [-0.15, -0.1) is 15.3 Å². The zero-order valence-corrected chi connectivity index (χ0v) is 21.1. The fourth-order valence-corrected chi connectivity index (χ4v) is 6.09. The van der Waals surface area contributed by atoms with E-state index in [1.807, 2.05) is 35.2 Å². The molecular weight excluding hydrogens is 470 g/mol. The molecule has 1 amide bonds. The van der Waals surface area contributed by atoms with Gasteiger partial charge in [-0.05, 0) is 61.6 Å². The molecule has 1 saturated heterocycles. The van der Waals surface area contributed by atoms with Crippen molar-refractivity contribution in [2.24, 2.45) is 5.92 Å². The fraction of sp³-hybridized carbons (Fsp3) is 0.296. The van der Waals surface area contributed by atoms with Crippen molar-refractivity contribution in [3.63, 3.8) is 0 Å². The predicted octanol–water partition coefficient (Wildman–Crippen LogP) is 4.80. The number of rotatable bonds is 5. The van der Waals surface area contributed by atoms with E-state index in [1.54, 1.807) is 22.2 Å². The van der Waals surface area contributed by atoms with Crippen LogP contribution >= 0.6 is 11.3 Å². The summed E-state index contributed by atoms with van der Waals surface area (Å²) in [5, 5.41) is 13.3. The van der Waals surface area contributed by atoms with Crippen LogP contribution in [0.4, 0.5) is 10.9 Å². The molecule has 1 aliphatic heterocycles. The number of carbonyl (C=O) groups is 1. The molecule has 2 aromatic carbocycles. The van der Waals surface area contributed by atoms with E-state index in [9.17, 15) is 4.79 Å². The molecule has 1 fully saturated rings. The van der Waals surface area contributed by atoms with Gasteiger partial charge in [0.25, 0.3) is 0 Å². The minimum atomic E-state index is -0.0570. The molecule has 4 heterocycles. The molecule has 5 aromatic rings. The number of aromatic nitrogens is 5. The van der Waals surface area contributed by atoms with Gasteiger partial charge in [-0.3, -0.25) is 9.69 Å². The molecule has 0 aliphatic carbocycles. The smallest absolute Gasteiger partial charge is 0.232 e. The lowest BCUT2D eigenvalue weighted by Crippen LogP contribution is -2.43. The van der Waals surface area contributed by atoms with Gasteiger partial charge in [-0.2, -0.15) is 4.52 Å². The van der Waals surface area contributed by atoms with Crippen molar-refractivity contribution in [3.05, 3.63) is 77.6 Å². The van der Waals surface area contributed by atoms with E-state index in [0.29, 0.717) is 6.54 Å². The molecule has 36 heavy (non-hydrogen) atoms. The van der Waals surface area contributed by atoms with E-state index >= 15 is 0 Å². The highest BCUT2D eigenvalue weighted by atomic mass is 32.1. The Morgan fingerprint density at radius 1 is 1.08 bits per heavy atom. The third-order valence-corrected chi connectivity index (χ3v) is 7.84. The summed E-state index contributed by atoms with van der Waals surface area (Å²) in [5.74, 6) is 0.971. The summed E-state index contributed by atoms with van der Waals surface area (Å²) in [5.41, 5.74) is 5.16. The van der Waals surface area contributed by atoms with Crippen LogP contribution in [0.1, 0.15) is 29.5 Å². The van der Waals surface area contributed by atoms with Crippen LogP contribution in [0.2, 0.25) is 0 Å². The van der Waals surface area contributed by atoms with E-state index in [0.717, 1.165) is 63.9 Å². The molecule has 0 N–H and O–H groups in total. The summed E-state index contributed by atoms with van der Waals surface area (Å²) in [6.07, 6.45) is 3.15. The maximum absolute atomic E-state index is 14.0. The van der Waals surface area contributed by atoms with Crippen molar-refractivity contribution in [2.45, 2.75) is 33.2 Å². The van der Waals surface area contributed by atoms with Crippen molar-refractivity contribution >= 4 is 44.1 Å². The first-order valence-electron chi connectivity index (χ1n) is 12.2. The zero-order chi connectivity index (χ0) is 24.6. The minimum absolute atomic E-state index is 0.0570. The highest BCUT2D eigenvalue weighted by Gasteiger charge is 2.31. The molecular formula is C27H27N7OS. The van der Waals surface area contributed by atoms with Crippen molar-refractivity contribution < 1.29 is 4.79 Å². The Labute approximate surface area is 213 Å². The summed E-state index contributed by atoms with van der Waals surface area (Å²) in [6.45, 7) is 6.25. The summed E-state index contributed by atoms with van der Waals surface area (Å²) in [6, 6.07) is 18.4. The number of hydrogen-bond acceptors (Lipinski definition) is 7. The summed E-state index contributed by atoms with van der Waals surface area (Å²) in [4.78, 5) is 23.0. The van der Waals surface area contributed by atoms with Gasteiger partial charge < -0.3 is 4.90 Å². The molecule has 0 atom stereocenters. The second-order valence-electron chi connectivity index (χ2n) is 9.42. The first-order chi connectivity index (χ1) is 17.5. The van der Waals surface area contributed by atoms with E-state index in [1.165, 1.54) is 5.56 Å². The highest BCUT2D eigenvalue weighted by Crippen LogP contribution is 2.34. The molecule has 9 heteroatoms. The number of thiazole rings is 1. The number of carbonyl (C=O) groups excluding carboxylic acids is 1. The van der Waals surface area contributed by atoms with Crippen LogP contribution < -0.4 is 9.80 Å². The molecule has 0 unspecified atom stereocenters. The highest BCUT2D eigenvalue weighted by molar-refractivity contribution is 7.22. The first-order valence-corrected chi connectivity index (χ1v) is 13.0. The second-order valence-corrected chi connectivity index (χ2v) is 10.4. The Kier molecular flexibility index (Phi) is 5.85. The Bertz CT molecular complexity index is 1540. The Morgan fingerprint density at radius 2 is 1.89 bits per heavy atom. The van der Waals surface area contributed by atoms with E-state index in [-0.39, 0.29) is 11.8 Å². The summed E-state index contributed by atoms with van der Waals surface area (Å²) >= 11 is 1.60. The first kappa shape index (κ1) is 22.6. The van der Waals surface area contributed by atoms with Gasteiger partial charge in [0.1, 0.15) is 12.1 Å². The van der Waals surface area contributed by atoms with Crippen molar-refractivity contribution in [3.8, 4) is 0 Å². The molecule has 0 spiro atoms. The number of anilines is 2. The second kappa shape index (κ2) is 9.31. The summed E-state index contributed by atoms with van der Waals surface area (Å²) in [7, 11) is 0. The number of hydrogen-bond donors (Lipinski definition) is 0. The fourth-order valence-electron chi connectivity index (χ4n) is 4.94. The topological polar surface area (TPSA) is 79.5 Å². The average Bonchev–Trinajstić information content (AvgIpc) is 3.54. The lowest BCUT2D eigenvalue weighted by atomic mass is 9.95. The number of piperidine rings is 1. The molecule has 0 saturated carbocycles. The molecule has 3 aromatic heterocycles. The molecule has 0 radical (unpaired) electrons. The molecule has 182 valence electrons. The zero-order valence-electron chi connectivity index (χ0n) is 20.3. The van der Waals surface area contributed by atoms with Gasteiger partial charge in [0.2, 0.25) is 5.91 Å². The van der Waals surface area contributed by atoms with Gasteiger partial charge in [0, 0.05) is 19.0 Å². The molecule has 1 aliphatic rings. The Morgan fingerprint density at radius 3 is 2.69 bits per heavy atom. The van der Waals surface area contributed by atoms with Crippen LogP contribution in [0.3, 0.4) is 0 Å². The summed E-state index contributed by atoms with van der Waals surface area (Å²) < 4.78 is 2.81. The quantitative estimate of drug-likeness (QED) is 0.347. The van der Waals surface area contributed by atoms with Crippen LogP contribution in [0, 0.1) is 19.8 Å². The maximum Gasteiger partial charge on any atom is 0.232 e. The molecule has 6 rings (SSSR count). The van der Waals surface area contributed by atoms with Crippen LogP contribution in [0.5, 0.6) is 0 Å². The largest absolute Gasteiger partial charge is 0.355 e. The van der Waals surface area contributed by atoms with Crippen LogP contribution in [0.15, 0.2) is 60.9 Å². The van der Waals surface area contributed by atoms with Crippen LogP contribution in [-0.4, -0.2) is 43.8 Å². The van der Waals surface area contributed by atoms with Crippen molar-refractivity contribution in [2.75, 3.05) is 22.9 Å². The third-order valence-electron chi connectivity index (χ3n) is 6.81. The lowest BCUT2D eigenvalue weighted by Gasteiger charge is -2.34. The minimum Gasteiger partial charge on any atom is -0.355 e. The number of benzene rings is 2. The van der Waals surface area contributed by atoms with Gasteiger partial charge >= 0.3 is 0 Å². The van der Waals surface area contributed by atoms with Crippen LogP contribution in [-0.2, 0) is 11.3 Å². The van der Waals surface area contributed by atoms with Gasteiger partial charge in [-0.25, -0.2) is 4.98 Å². The molecule has 8 nitrogen and oxygen atoms in total. The van der Waals surface area contributed by atoms with Crippen molar-refractivity contribution in [1.29, 1.82) is 0 Å². The normalized spacial score (nSPS) is 14.6.